The minimum absolute atomic E-state index is 0.0440. The average Bonchev–Trinajstić information content (AvgIpc) is 2.85. The van der Waals surface area contributed by atoms with Crippen molar-refractivity contribution < 1.29 is 18.7 Å². The largest absolute Gasteiger partial charge is 0.497 e. The maximum atomic E-state index is 13.3. The van der Waals surface area contributed by atoms with Crippen molar-refractivity contribution in [3.05, 3.63) is 100 Å². The molecule has 0 aliphatic heterocycles. The van der Waals surface area contributed by atoms with Gasteiger partial charge in [0.05, 0.1) is 32.8 Å². The van der Waals surface area contributed by atoms with Gasteiger partial charge in [0, 0.05) is 22.9 Å². The lowest BCUT2D eigenvalue weighted by molar-refractivity contribution is 0.205. The molecule has 0 bridgehead atoms. The molecule has 1 aromatic heterocycles. The number of hydrogen-bond donors (Lipinski definition) is 2. The number of ether oxygens (including phenoxy) is 2. The number of rotatable bonds is 7. The minimum Gasteiger partial charge on any atom is -0.497 e. The zero-order valence-corrected chi connectivity index (χ0v) is 18.8. The number of carbonyl (C=O) groups is 1. The molecule has 0 spiro atoms. The Hall–Kier alpha value is -4.33. The van der Waals surface area contributed by atoms with Crippen molar-refractivity contribution >= 4 is 22.6 Å². The van der Waals surface area contributed by atoms with Crippen molar-refractivity contribution in [2.45, 2.75) is 13.1 Å². The molecule has 0 atom stereocenters. The summed E-state index contributed by atoms with van der Waals surface area (Å²) in [5.41, 5.74) is 1.97. The molecule has 7 nitrogen and oxygen atoms in total. The summed E-state index contributed by atoms with van der Waals surface area (Å²) in [5, 5.41) is 3.58. The van der Waals surface area contributed by atoms with Gasteiger partial charge in [-0.3, -0.25) is 4.79 Å². The van der Waals surface area contributed by atoms with Crippen LogP contribution in [0, 0.1) is 5.82 Å². The van der Waals surface area contributed by atoms with Crippen LogP contribution in [-0.4, -0.2) is 30.1 Å². The van der Waals surface area contributed by atoms with Crippen LogP contribution in [0.1, 0.15) is 11.1 Å². The number of fused-ring (bicyclic) bond motifs is 1. The van der Waals surface area contributed by atoms with Gasteiger partial charge in [-0.15, -0.1) is 0 Å². The number of carbonyl (C=O) groups excluding carboxylic acids is 1. The number of aromatic nitrogens is 1. The summed E-state index contributed by atoms with van der Waals surface area (Å²) in [6.07, 6.45) is 0. The Morgan fingerprint density at radius 1 is 0.941 bits per heavy atom. The van der Waals surface area contributed by atoms with Gasteiger partial charge in [0.2, 0.25) is 0 Å². The number of pyridine rings is 1. The van der Waals surface area contributed by atoms with Crippen molar-refractivity contribution in [3.8, 4) is 11.5 Å². The number of anilines is 1. The highest BCUT2D eigenvalue weighted by atomic mass is 19.1. The molecule has 174 valence electrons. The first kappa shape index (κ1) is 22.8. The molecule has 0 fully saturated rings. The molecule has 1 heterocycles. The van der Waals surface area contributed by atoms with Crippen molar-refractivity contribution in [1.29, 1.82) is 0 Å². The summed E-state index contributed by atoms with van der Waals surface area (Å²) < 4.78 is 23.9. The first-order chi connectivity index (χ1) is 16.5. The second-order valence-corrected chi connectivity index (χ2v) is 7.68. The lowest BCUT2D eigenvalue weighted by Gasteiger charge is -2.24. The Morgan fingerprint density at radius 2 is 1.68 bits per heavy atom. The van der Waals surface area contributed by atoms with E-state index >= 15 is 0 Å². The second-order valence-electron chi connectivity index (χ2n) is 7.68. The molecule has 3 aromatic carbocycles. The third-order valence-corrected chi connectivity index (χ3v) is 5.43. The first-order valence-corrected chi connectivity index (χ1v) is 10.6. The third-order valence-electron chi connectivity index (χ3n) is 5.43. The molecule has 0 aliphatic carbocycles. The van der Waals surface area contributed by atoms with E-state index in [4.69, 9.17) is 9.47 Å². The number of amides is 2. The van der Waals surface area contributed by atoms with E-state index < -0.39 is 11.8 Å². The standard InChI is InChI=1S/C26H24FN3O4/c1-33-22-12-7-17-13-19(25(31)29-23(17)14-22)16-30(15-18-5-3-4-6-24(18)34-2)26(32)28-21-10-8-20(27)9-11-21/h3-14H,15-16H2,1-2H3,(H,28,32)(H,29,31). The highest BCUT2D eigenvalue weighted by molar-refractivity contribution is 5.89. The molecule has 4 rings (SSSR count). The predicted molar refractivity (Wildman–Crippen MR) is 129 cm³/mol. The molecule has 34 heavy (non-hydrogen) atoms. The first-order valence-electron chi connectivity index (χ1n) is 10.6. The van der Waals surface area contributed by atoms with Crippen molar-refractivity contribution in [1.82, 2.24) is 9.88 Å². The number of urea groups is 1. The van der Waals surface area contributed by atoms with Gasteiger partial charge in [-0.05, 0) is 53.9 Å². The van der Waals surface area contributed by atoms with Gasteiger partial charge in [0.15, 0.2) is 0 Å². The summed E-state index contributed by atoms with van der Waals surface area (Å²) in [5.74, 6) is 0.858. The summed E-state index contributed by atoms with van der Waals surface area (Å²) in [6.45, 7) is 0.236. The zero-order valence-electron chi connectivity index (χ0n) is 18.8. The second kappa shape index (κ2) is 10.1. The van der Waals surface area contributed by atoms with E-state index in [9.17, 15) is 14.0 Å². The van der Waals surface area contributed by atoms with Crippen LogP contribution in [0.25, 0.3) is 10.9 Å². The Balaban J connectivity index is 1.67. The van der Waals surface area contributed by atoms with Gasteiger partial charge in [0.25, 0.3) is 5.56 Å². The van der Waals surface area contributed by atoms with Crippen molar-refractivity contribution in [2.75, 3.05) is 19.5 Å². The van der Waals surface area contributed by atoms with Crippen LogP contribution < -0.4 is 20.3 Å². The summed E-state index contributed by atoms with van der Waals surface area (Å²) in [7, 11) is 3.12. The van der Waals surface area contributed by atoms with E-state index in [0.29, 0.717) is 28.3 Å². The van der Waals surface area contributed by atoms with Crippen LogP contribution in [0.5, 0.6) is 11.5 Å². The number of nitrogens with one attached hydrogen (secondary N) is 2. The van der Waals surface area contributed by atoms with Gasteiger partial charge in [0.1, 0.15) is 17.3 Å². The summed E-state index contributed by atoms with van der Waals surface area (Å²) in [4.78, 5) is 30.4. The molecule has 2 amide bonds. The van der Waals surface area contributed by atoms with E-state index in [1.165, 1.54) is 29.2 Å². The molecule has 0 saturated heterocycles. The van der Waals surface area contributed by atoms with Crippen LogP contribution in [0.4, 0.5) is 14.9 Å². The SMILES string of the molecule is COc1ccc2cc(CN(Cc3ccccc3OC)C(=O)Nc3ccc(F)cc3)c(=O)[nH]c2c1. The van der Waals surface area contributed by atoms with Crippen molar-refractivity contribution in [3.63, 3.8) is 0 Å². The fourth-order valence-corrected chi connectivity index (χ4v) is 3.65. The smallest absolute Gasteiger partial charge is 0.322 e. The molecule has 0 aliphatic rings. The van der Waals surface area contributed by atoms with E-state index in [1.54, 1.807) is 32.4 Å². The quantitative estimate of drug-likeness (QED) is 0.409. The number of H-pyrrole nitrogens is 1. The van der Waals surface area contributed by atoms with Gasteiger partial charge < -0.3 is 24.7 Å². The monoisotopic (exact) mass is 461 g/mol. The number of benzene rings is 3. The van der Waals surface area contributed by atoms with Gasteiger partial charge in [-0.2, -0.15) is 0 Å². The molecular formula is C26H24FN3O4. The van der Waals surface area contributed by atoms with E-state index in [1.807, 2.05) is 30.3 Å². The normalized spacial score (nSPS) is 10.7. The lowest BCUT2D eigenvalue weighted by atomic mass is 10.1. The number of halogens is 1. The summed E-state index contributed by atoms with van der Waals surface area (Å²) >= 11 is 0. The van der Waals surface area contributed by atoms with E-state index in [2.05, 4.69) is 10.3 Å². The maximum absolute atomic E-state index is 13.3. The number of nitrogens with zero attached hydrogens (tertiary/aromatic N) is 1. The Labute approximate surface area is 195 Å². The van der Waals surface area contributed by atoms with Crippen LogP contribution in [0.15, 0.2) is 77.6 Å². The van der Waals surface area contributed by atoms with Crippen LogP contribution in [0.3, 0.4) is 0 Å². The van der Waals surface area contributed by atoms with E-state index in [0.717, 1.165) is 10.9 Å². The zero-order chi connectivity index (χ0) is 24.1. The molecule has 0 saturated carbocycles. The highest BCUT2D eigenvalue weighted by Gasteiger charge is 2.19. The molecule has 4 aromatic rings. The van der Waals surface area contributed by atoms with Gasteiger partial charge >= 0.3 is 6.03 Å². The summed E-state index contributed by atoms with van der Waals surface area (Å²) in [6, 6.07) is 19.6. The van der Waals surface area contributed by atoms with E-state index in [-0.39, 0.29) is 18.6 Å². The van der Waals surface area contributed by atoms with Crippen LogP contribution >= 0.6 is 0 Å². The number of aromatic amines is 1. The fourth-order valence-electron chi connectivity index (χ4n) is 3.65. The molecule has 0 radical (unpaired) electrons. The molecule has 8 heteroatoms. The Kier molecular flexibility index (Phi) is 6.77. The maximum Gasteiger partial charge on any atom is 0.322 e. The van der Waals surface area contributed by atoms with Crippen molar-refractivity contribution in [2.24, 2.45) is 0 Å². The van der Waals surface area contributed by atoms with Gasteiger partial charge in [-0.25, -0.2) is 9.18 Å². The topological polar surface area (TPSA) is 83.7 Å². The highest BCUT2D eigenvalue weighted by Crippen LogP contribution is 2.22. The van der Waals surface area contributed by atoms with Crippen LogP contribution in [0.2, 0.25) is 0 Å². The average molecular weight is 461 g/mol. The van der Waals surface area contributed by atoms with Gasteiger partial charge in [-0.1, -0.05) is 18.2 Å². The van der Waals surface area contributed by atoms with Crippen LogP contribution in [-0.2, 0) is 13.1 Å². The minimum atomic E-state index is -0.438. The Morgan fingerprint density at radius 3 is 2.41 bits per heavy atom. The number of methoxy groups -OCH3 is 2. The fraction of sp³-hybridized carbons (Fsp3) is 0.154. The lowest BCUT2D eigenvalue weighted by Crippen LogP contribution is -2.35. The molecular weight excluding hydrogens is 437 g/mol. The molecule has 2 N–H and O–H groups in total. The number of hydrogen-bond acceptors (Lipinski definition) is 4. The predicted octanol–water partition coefficient (Wildman–Crippen LogP) is 4.92. The number of para-hydroxylation sites is 1. The Bertz CT molecular complexity index is 1370. The molecule has 0 unspecified atom stereocenters. The third kappa shape index (κ3) is 5.17.